The van der Waals surface area contributed by atoms with Crippen molar-refractivity contribution in [2.24, 2.45) is 0 Å². The molecule has 3 rings (SSSR count). The maximum atomic E-state index is 12.3. The van der Waals surface area contributed by atoms with Crippen molar-refractivity contribution in [2.75, 3.05) is 20.1 Å². The molecule has 0 radical (unpaired) electrons. The number of rotatable bonds is 7. The first kappa shape index (κ1) is 17.1. The third-order valence-electron chi connectivity index (χ3n) is 4.25. The lowest BCUT2D eigenvalue weighted by Gasteiger charge is -2.17. The molecule has 126 valence electrons. The summed E-state index contributed by atoms with van der Waals surface area (Å²) >= 11 is 1.69. The first-order chi connectivity index (χ1) is 11.7. The highest BCUT2D eigenvalue weighted by Crippen LogP contribution is 2.36. The molecule has 0 bridgehead atoms. The second kappa shape index (κ2) is 8.36. The molecule has 3 nitrogen and oxygen atoms in total. The summed E-state index contributed by atoms with van der Waals surface area (Å²) in [7, 11) is 2.12. The van der Waals surface area contributed by atoms with Gasteiger partial charge in [-0.25, -0.2) is 0 Å². The number of fused-ring (bicyclic) bond motifs is 1. The van der Waals surface area contributed by atoms with Gasteiger partial charge in [0, 0.05) is 18.0 Å². The van der Waals surface area contributed by atoms with Crippen molar-refractivity contribution >= 4 is 17.7 Å². The van der Waals surface area contributed by atoms with Gasteiger partial charge in [-0.15, -0.1) is 11.8 Å². The Morgan fingerprint density at radius 3 is 2.71 bits per heavy atom. The zero-order chi connectivity index (χ0) is 16.8. The second-order valence-electron chi connectivity index (χ2n) is 6.29. The van der Waals surface area contributed by atoms with Gasteiger partial charge in [-0.05, 0) is 43.6 Å². The number of amides is 1. The van der Waals surface area contributed by atoms with Gasteiger partial charge in [0.05, 0.1) is 5.25 Å². The van der Waals surface area contributed by atoms with Crippen molar-refractivity contribution in [2.45, 2.75) is 29.5 Å². The van der Waals surface area contributed by atoms with Crippen LogP contribution >= 0.6 is 11.8 Å². The molecule has 2 aromatic carbocycles. The minimum absolute atomic E-state index is 0.0319. The van der Waals surface area contributed by atoms with Crippen LogP contribution in [0.25, 0.3) is 0 Å². The van der Waals surface area contributed by atoms with Gasteiger partial charge in [0.1, 0.15) is 0 Å². The molecule has 2 aromatic rings. The molecule has 1 aliphatic rings. The van der Waals surface area contributed by atoms with Gasteiger partial charge >= 0.3 is 0 Å². The Bertz CT molecular complexity index is 649. The monoisotopic (exact) mass is 340 g/mol. The van der Waals surface area contributed by atoms with Gasteiger partial charge < -0.3 is 10.2 Å². The molecular weight excluding hydrogens is 316 g/mol. The van der Waals surface area contributed by atoms with E-state index in [1.54, 1.807) is 11.8 Å². The third-order valence-corrected chi connectivity index (χ3v) is 5.57. The number of carbonyl (C=O) groups is 1. The Labute approximate surface area is 148 Å². The quantitative estimate of drug-likeness (QED) is 0.785. The van der Waals surface area contributed by atoms with Crippen molar-refractivity contribution < 1.29 is 4.79 Å². The van der Waals surface area contributed by atoms with Crippen molar-refractivity contribution in [1.82, 2.24) is 10.2 Å². The van der Waals surface area contributed by atoms with Gasteiger partial charge in [0.15, 0.2) is 0 Å². The van der Waals surface area contributed by atoms with E-state index in [1.807, 2.05) is 18.2 Å². The summed E-state index contributed by atoms with van der Waals surface area (Å²) in [6.45, 7) is 2.67. The third kappa shape index (κ3) is 4.62. The van der Waals surface area contributed by atoms with Crippen LogP contribution in [0.2, 0.25) is 0 Å². The van der Waals surface area contributed by atoms with Crippen LogP contribution in [0.4, 0.5) is 0 Å². The summed E-state index contributed by atoms with van der Waals surface area (Å²) in [5.74, 6) is 0.168. The van der Waals surface area contributed by atoms with E-state index in [-0.39, 0.29) is 11.2 Å². The van der Waals surface area contributed by atoms with Gasteiger partial charge in [-0.2, -0.15) is 0 Å². The summed E-state index contributed by atoms with van der Waals surface area (Å²) in [6.07, 6.45) is 1.82. The van der Waals surface area contributed by atoms with E-state index in [0.29, 0.717) is 0 Å². The Morgan fingerprint density at radius 2 is 1.92 bits per heavy atom. The van der Waals surface area contributed by atoms with Crippen molar-refractivity contribution in [3.63, 3.8) is 0 Å². The number of nitrogens with zero attached hydrogens (tertiary/aromatic N) is 1. The van der Waals surface area contributed by atoms with Crippen molar-refractivity contribution in [3.05, 3.63) is 65.7 Å². The minimum atomic E-state index is 0.0319. The van der Waals surface area contributed by atoms with Crippen LogP contribution in [0.3, 0.4) is 0 Å². The number of benzene rings is 2. The van der Waals surface area contributed by atoms with Crippen LogP contribution in [-0.4, -0.2) is 36.2 Å². The van der Waals surface area contributed by atoms with Crippen LogP contribution in [0.15, 0.2) is 59.5 Å². The standard InChI is InChI=1S/C20H24N2OS/c1-22(15-16-8-3-2-4-9-16)13-7-12-21-20(23)19-14-17-10-5-6-11-18(17)24-19/h2-6,8-11,19H,7,12-15H2,1H3,(H,21,23). The number of nitrogens with one attached hydrogen (secondary N) is 1. The zero-order valence-corrected chi connectivity index (χ0v) is 14.9. The molecule has 0 aliphatic carbocycles. The van der Waals surface area contributed by atoms with Gasteiger partial charge in [-0.1, -0.05) is 48.5 Å². The van der Waals surface area contributed by atoms with Gasteiger partial charge in [0.2, 0.25) is 5.91 Å². The van der Waals surface area contributed by atoms with Crippen LogP contribution < -0.4 is 5.32 Å². The van der Waals surface area contributed by atoms with E-state index in [9.17, 15) is 4.79 Å². The molecule has 0 saturated carbocycles. The van der Waals surface area contributed by atoms with Crippen LogP contribution in [0.1, 0.15) is 17.5 Å². The SMILES string of the molecule is CN(CCCNC(=O)C1Cc2ccccc2S1)Cc1ccccc1. The Hall–Kier alpha value is -1.78. The van der Waals surface area contributed by atoms with E-state index in [0.717, 1.165) is 32.5 Å². The lowest BCUT2D eigenvalue weighted by Crippen LogP contribution is -2.34. The maximum absolute atomic E-state index is 12.3. The Kier molecular flexibility index (Phi) is 5.94. The summed E-state index contributed by atoms with van der Waals surface area (Å²) in [6, 6.07) is 18.8. The molecule has 1 atom stereocenters. The predicted molar refractivity (Wildman–Crippen MR) is 100 cm³/mol. The van der Waals surface area contributed by atoms with Crippen LogP contribution in [-0.2, 0) is 17.8 Å². The number of thioether (sulfide) groups is 1. The average molecular weight is 340 g/mol. The molecule has 0 aromatic heterocycles. The highest BCUT2D eigenvalue weighted by Gasteiger charge is 2.27. The average Bonchev–Trinajstić information content (AvgIpc) is 3.04. The van der Waals surface area contributed by atoms with E-state index in [1.165, 1.54) is 16.0 Å². The molecule has 1 heterocycles. The molecule has 4 heteroatoms. The minimum Gasteiger partial charge on any atom is -0.355 e. The molecule has 0 saturated heterocycles. The summed E-state index contributed by atoms with van der Waals surface area (Å²) in [5.41, 5.74) is 2.62. The molecule has 0 spiro atoms. The lowest BCUT2D eigenvalue weighted by molar-refractivity contribution is -0.120. The predicted octanol–water partition coefficient (Wildman–Crippen LogP) is 3.34. The van der Waals surface area contributed by atoms with E-state index in [4.69, 9.17) is 0 Å². The van der Waals surface area contributed by atoms with Crippen LogP contribution in [0.5, 0.6) is 0 Å². The highest BCUT2D eigenvalue weighted by molar-refractivity contribution is 8.01. The van der Waals surface area contributed by atoms with Crippen LogP contribution in [0, 0.1) is 0 Å². The van der Waals surface area contributed by atoms with Gasteiger partial charge in [0.25, 0.3) is 0 Å². The van der Waals surface area contributed by atoms with E-state index in [2.05, 4.69) is 53.7 Å². The lowest BCUT2D eigenvalue weighted by atomic mass is 10.1. The first-order valence-corrected chi connectivity index (χ1v) is 9.35. The number of hydrogen-bond acceptors (Lipinski definition) is 3. The van der Waals surface area contributed by atoms with Crippen molar-refractivity contribution in [3.8, 4) is 0 Å². The number of hydrogen-bond donors (Lipinski definition) is 1. The molecule has 1 unspecified atom stereocenters. The summed E-state index contributed by atoms with van der Waals surface area (Å²) in [4.78, 5) is 15.8. The second-order valence-corrected chi connectivity index (χ2v) is 7.53. The fourth-order valence-electron chi connectivity index (χ4n) is 2.98. The highest BCUT2D eigenvalue weighted by atomic mass is 32.2. The Morgan fingerprint density at radius 1 is 1.17 bits per heavy atom. The molecular formula is C20H24N2OS. The van der Waals surface area contributed by atoms with E-state index >= 15 is 0 Å². The fraction of sp³-hybridized carbons (Fsp3) is 0.350. The topological polar surface area (TPSA) is 32.3 Å². The fourth-order valence-corrected chi connectivity index (χ4v) is 4.20. The normalized spacial score (nSPS) is 16.2. The smallest absolute Gasteiger partial charge is 0.233 e. The zero-order valence-electron chi connectivity index (χ0n) is 14.1. The Balaban J connectivity index is 1.34. The molecule has 0 fully saturated rings. The number of carbonyl (C=O) groups excluding carboxylic acids is 1. The van der Waals surface area contributed by atoms with Gasteiger partial charge in [-0.3, -0.25) is 4.79 Å². The molecule has 24 heavy (non-hydrogen) atoms. The first-order valence-electron chi connectivity index (χ1n) is 8.47. The summed E-state index contributed by atoms with van der Waals surface area (Å²) in [5, 5.41) is 3.12. The molecule has 1 amide bonds. The maximum Gasteiger partial charge on any atom is 0.233 e. The molecule has 1 aliphatic heterocycles. The summed E-state index contributed by atoms with van der Waals surface area (Å²) < 4.78 is 0. The largest absolute Gasteiger partial charge is 0.355 e. The van der Waals surface area contributed by atoms with Crippen molar-refractivity contribution in [1.29, 1.82) is 0 Å². The molecule has 1 N–H and O–H groups in total. The van der Waals surface area contributed by atoms with E-state index < -0.39 is 0 Å².